The minimum atomic E-state index is 0.0321. The van der Waals surface area contributed by atoms with E-state index in [1.807, 2.05) is 0 Å². The van der Waals surface area contributed by atoms with Crippen LogP contribution in [-0.4, -0.2) is 47.8 Å². The van der Waals surface area contributed by atoms with Gasteiger partial charge < -0.3 is 9.80 Å². The molecule has 0 atom stereocenters. The maximum absolute atomic E-state index is 12.4. The van der Waals surface area contributed by atoms with Crippen molar-refractivity contribution in [2.24, 2.45) is 0 Å². The fraction of sp³-hybridized carbons (Fsp3) is 0.467. The van der Waals surface area contributed by atoms with Crippen LogP contribution in [0.25, 0.3) is 0 Å². The van der Waals surface area contributed by atoms with E-state index in [9.17, 15) is 9.59 Å². The number of halogens is 2. The summed E-state index contributed by atoms with van der Waals surface area (Å²) in [5, 5.41) is 1.07. The molecule has 0 bridgehead atoms. The normalized spacial score (nSPS) is 15.8. The molecule has 114 valence electrons. The minimum Gasteiger partial charge on any atom is -0.341 e. The van der Waals surface area contributed by atoms with Gasteiger partial charge in [0.05, 0.1) is 6.42 Å². The molecular weight excluding hydrogens is 311 g/mol. The molecule has 1 heterocycles. The van der Waals surface area contributed by atoms with Crippen LogP contribution < -0.4 is 0 Å². The summed E-state index contributed by atoms with van der Waals surface area (Å²) in [6.07, 6.45) is 1.07. The molecular formula is C15H18Cl2N2O2. The Morgan fingerprint density at radius 1 is 1.10 bits per heavy atom. The zero-order chi connectivity index (χ0) is 15.4. The molecule has 2 rings (SSSR count). The summed E-state index contributed by atoms with van der Waals surface area (Å²) in [5.41, 5.74) is 0.777. The molecule has 1 fully saturated rings. The van der Waals surface area contributed by atoms with Crippen molar-refractivity contribution in [1.29, 1.82) is 0 Å². The fourth-order valence-electron chi connectivity index (χ4n) is 2.42. The molecule has 2 amide bonds. The first-order chi connectivity index (χ1) is 9.97. The van der Waals surface area contributed by atoms with Crippen LogP contribution in [0.15, 0.2) is 18.2 Å². The predicted molar refractivity (Wildman–Crippen MR) is 83.6 cm³/mol. The Balaban J connectivity index is 1.98. The van der Waals surface area contributed by atoms with Crippen LogP contribution in [0.2, 0.25) is 10.0 Å². The molecule has 0 spiro atoms. The van der Waals surface area contributed by atoms with Gasteiger partial charge in [0.25, 0.3) is 0 Å². The Labute approximate surface area is 134 Å². The molecule has 0 radical (unpaired) electrons. The third-order valence-corrected chi connectivity index (χ3v) is 4.24. The summed E-state index contributed by atoms with van der Waals surface area (Å²) >= 11 is 12.0. The smallest absolute Gasteiger partial charge is 0.227 e. The lowest BCUT2D eigenvalue weighted by atomic mass is 10.1. The van der Waals surface area contributed by atoms with Crippen molar-refractivity contribution in [1.82, 2.24) is 9.80 Å². The summed E-state index contributed by atoms with van der Waals surface area (Å²) in [6, 6.07) is 5.16. The van der Waals surface area contributed by atoms with E-state index in [0.717, 1.165) is 12.0 Å². The number of nitrogens with zero attached hydrogens (tertiary/aromatic N) is 2. The SMILES string of the molecule is CC(=O)N1CCCN(C(=O)Cc2ccc(Cl)cc2Cl)CC1. The van der Waals surface area contributed by atoms with E-state index in [-0.39, 0.29) is 18.2 Å². The van der Waals surface area contributed by atoms with Crippen LogP contribution >= 0.6 is 23.2 Å². The van der Waals surface area contributed by atoms with Gasteiger partial charge >= 0.3 is 0 Å². The second-order valence-corrected chi connectivity index (χ2v) is 6.00. The topological polar surface area (TPSA) is 40.6 Å². The largest absolute Gasteiger partial charge is 0.341 e. The van der Waals surface area contributed by atoms with Crippen molar-refractivity contribution in [3.8, 4) is 0 Å². The van der Waals surface area contributed by atoms with Gasteiger partial charge in [-0.25, -0.2) is 0 Å². The van der Waals surface area contributed by atoms with Crippen LogP contribution in [0.3, 0.4) is 0 Å². The van der Waals surface area contributed by atoms with E-state index < -0.39 is 0 Å². The van der Waals surface area contributed by atoms with Crippen molar-refractivity contribution in [2.75, 3.05) is 26.2 Å². The van der Waals surface area contributed by atoms with E-state index in [4.69, 9.17) is 23.2 Å². The van der Waals surface area contributed by atoms with Gasteiger partial charge in [-0.15, -0.1) is 0 Å². The highest BCUT2D eigenvalue weighted by Gasteiger charge is 2.20. The Bertz CT molecular complexity index is 548. The number of hydrogen-bond acceptors (Lipinski definition) is 2. The van der Waals surface area contributed by atoms with Gasteiger partial charge in [-0.2, -0.15) is 0 Å². The monoisotopic (exact) mass is 328 g/mol. The predicted octanol–water partition coefficient (Wildman–Crippen LogP) is 2.62. The van der Waals surface area contributed by atoms with Crippen LogP contribution in [0.4, 0.5) is 0 Å². The van der Waals surface area contributed by atoms with Crippen molar-refractivity contribution in [3.63, 3.8) is 0 Å². The van der Waals surface area contributed by atoms with Crippen molar-refractivity contribution < 1.29 is 9.59 Å². The van der Waals surface area contributed by atoms with E-state index in [1.165, 1.54) is 0 Å². The first kappa shape index (κ1) is 16.1. The highest BCUT2D eigenvalue weighted by Crippen LogP contribution is 2.22. The summed E-state index contributed by atoms with van der Waals surface area (Å²) in [6.45, 7) is 4.11. The van der Waals surface area contributed by atoms with E-state index >= 15 is 0 Å². The highest BCUT2D eigenvalue weighted by atomic mass is 35.5. The molecule has 1 aromatic carbocycles. The maximum atomic E-state index is 12.4. The zero-order valence-electron chi connectivity index (χ0n) is 11.9. The molecule has 0 saturated carbocycles. The second kappa shape index (κ2) is 7.14. The third-order valence-electron chi connectivity index (χ3n) is 3.65. The molecule has 0 unspecified atom stereocenters. The maximum Gasteiger partial charge on any atom is 0.227 e. The third kappa shape index (κ3) is 4.35. The molecule has 1 aliphatic rings. The second-order valence-electron chi connectivity index (χ2n) is 5.15. The first-order valence-corrected chi connectivity index (χ1v) is 7.70. The summed E-state index contributed by atoms with van der Waals surface area (Å²) < 4.78 is 0. The number of benzene rings is 1. The Hall–Kier alpha value is -1.26. The first-order valence-electron chi connectivity index (χ1n) is 6.94. The molecule has 1 saturated heterocycles. The lowest BCUT2D eigenvalue weighted by Crippen LogP contribution is -2.37. The molecule has 0 aromatic heterocycles. The van der Waals surface area contributed by atoms with Crippen molar-refractivity contribution >= 4 is 35.0 Å². The van der Waals surface area contributed by atoms with Crippen LogP contribution in [0, 0.1) is 0 Å². The van der Waals surface area contributed by atoms with E-state index in [2.05, 4.69) is 0 Å². The molecule has 0 aliphatic carbocycles. The quantitative estimate of drug-likeness (QED) is 0.837. The Morgan fingerprint density at radius 2 is 1.76 bits per heavy atom. The van der Waals surface area contributed by atoms with Gasteiger partial charge in [-0.3, -0.25) is 9.59 Å². The number of carbonyl (C=O) groups excluding carboxylic acids is 2. The molecule has 21 heavy (non-hydrogen) atoms. The van der Waals surface area contributed by atoms with E-state index in [1.54, 1.807) is 34.9 Å². The molecule has 4 nitrogen and oxygen atoms in total. The Kier molecular flexibility index (Phi) is 5.48. The van der Waals surface area contributed by atoms with E-state index in [0.29, 0.717) is 36.2 Å². The number of carbonyl (C=O) groups is 2. The number of amides is 2. The summed E-state index contributed by atoms with van der Waals surface area (Å²) in [7, 11) is 0. The van der Waals surface area contributed by atoms with Gasteiger partial charge in [0.2, 0.25) is 11.8 Å². The molecule has 1 aliphatic heterocycles. The Morgan fingerprint density at radius 3 is 2.43 bits per heavy atom. The average molecular weight is 329 g/mol. The molecule has 6 heteroatoms. The standard InChI is InChI=1S/C15H18Cl2N2O2/c1-11(20)18-5-2-6-19(8-7-18)15(21)9-12-3-4-13(16)10-14(12)17/h3-4,10H,2,5-9H2,1H3. The zero-order valence-corrected chi connectivity index (χ0v) is 13.5. The fourth-order valence-corrected chi connectivity index (χ4v) is 2.90. The number of hydrogen-bond donors (Lipinski definition) is 0. The van der Waals surface area contributed by atoms with Crippen molar-refractivity contribution in [3.05, 3.63) is 33.8 Å². The van der Waals surface area contributed by atoms with Gasteiger partial charge in [0.15, 0.2) is 0 Å². The van der Waals surface area contributed by atoms with Crippen LogP contribution in [0.1, 0.15) is 18.9 Å². The minimum absolute atomic E-state index is 0.0321. The highest BCUT2D eigenvalue weighted by molar-refractivity contribution is 6.35. The average Bonchev–Trinajstić information content (AvgIpc) is 2.67. The van der Waals surface area contributed by atoms with Gasteiger partial charge in [-0.1, -0.05) is 29.3 Å². The van der Waals surface area contributed by atoms with Crippen molar-refractivity contribution in [2.45, 2.75) is 19.8 Å². The number of rotatable bonds is 2. The van der Waals surface area contributed by atoms with Crippen LogP contribution in [0.5, 0.6) is 0 Å². The lowest BCUT2D eigenvalue weighted by molar-refractivity contribution is -0.132. The van der Waals surface area contributed by atoms with Crippen LogP contribution in [-0.2, 0) is 16.0 Å². The summed E-state index contributed by atoms with van der Waals surface area (Å²) in [4.78, 5) is 27.3. The lowest BCUT2D eigenvalue weighted by Gasteiger charge is -2.21. The molecule has 1 aromatic rings. The van der Waals surface area contributed by atoms with Gasteiger partial charge in [-0.05, 0) is 24.1 Å². The molecule has 0 N–H and O–H groups in total. The van der Waals surface area contributed by atoms with Gasteiger partial charge in [0.1, 0.15) is 0 Å². The van der Waals surface area contributed by atoms with Gasteiger partial charge in [0, 0.05) is 43.1 Å². The summed E-state index contributed by atoms with van der Waals surface area (Å²) in [5.74, 6) is 0.0923.